The Labute approximate surface area is 129 Å². The van der Waals surface area contributed by atoms with Crippen LogP contribution < -0.4 is 0 Å². The first-order chi connectivity index (χ1) is 9.51. The Kier molecular flexibility index (Phi) is 3.97. The van der Waals surface area contributed by atoms with E-state index in [4.69, 9.17) is 23.2 Å². The van der Waals surface area contributed by atoms with E-state index >= 15 is 0 Å². The first-order valence-corrected chi connectivity index (χ1v) is 6.76. The molecule has 21 heavy (non-hydrogen) atoms. The van der Waals surface area contributed by atoms with Crippen LogP contribution in [0, 0.1) is 0 Å². The summed E-state index contributed by atoms with van der Waals surface area (Å²) in [5, 5.41) is 7.72. The summed E-state index contributed by atoms with van der Waals surface area (Å²) in [6, 6.07) is 3.07. The molecule has 0 atom stereocenters. The van der Waals surface area contributed by atoms with Gasteiger partial charge in [0.05, 0.1) is 16.3 Å². The van der Waals surface area contributed by atoms with Crippen molar-refractivity contribution in [2.75, 3.05) is 0 Å². The van der Waals surface area contributed by atoms with Crippen LogP contribution in [0.2, 0.25) is 10.3 Å². The fourth-order valence-corrected chi connectivity index (χ4v) is 2.30. The van der Waals surface area contributed by atoms with Crippen LogP contribution in [0.5, 0.6) is 0 Å². The van der Waals surface area contributed by atoms with E-state index in [2.05, 4.69) is 10.2 Å². The lowest BCUT2D eigenvalue weighted by molar-refractivity contribution is -0.137. The van der Waals surface area contributed by atoms with Crippen LogP contribution in [0.3, 0.4) is 0 Å². The van der Waals surface area contributed by atoms with E-state index in [1.54, 1.807) is 0 Å². The molecule has 0 N–H and O–H groups in total. The summed E-state index contributed by atoms with van der Waals surface area (Å²) in [5.74, 6) is 0.508. The lowest BCUT2D eigenvalue weighted by Crippen LogP contribution is -2.18. The van der Waals surface area contributed by atoms with Crippen LogP contribution in [0.15, 0.2) is 18.2 Å². The monoisotopic (exact) mass is 337 g/mol. The molecular formula is C13H12Cl2F3N3. The second-order valence-corrected chi connectivity index (χ2v) is 6.29. The largest absolute Gasteiger partial charge is 0.416 e. The molecule has 114 valence electrons. The molecule has 0 radical (unpaired) electrons. The van der Waals surface area contributed by atoms with Crippen molar-refractivity contribution in [3.63, 3.8) is 0 Å². The van der Waals surface area contributed by atoms with Gasteiger partial charge in [0.25, 0.3) is 0 Å². The van der Waals surface area contributed by atoms with Crippen LogP contribution in [0.1, 0.15) is 32.2 Å². The molecule has 0 saturated carbocycles. The summed E-state index contributed by atoms with van der Waals surface area (Å²) in [5.41, 5.74) is -0.908. The van der Waals surface area contributed by atoms with Crippen LogP contribution in [0.25, 0.3) is 5.69 Å². The number of aromatic nitrogens is 3. The second-order valence-electron chi connectivity index (χ2n) is 5.54. The maximum Gasteiger partial charge on any atom is 0.416 e. The summed E-state index contributed by atoms with van der Waals surface area (Å²) in [6.07, 6.45) is -4.45. The molecule has 0 unspecified atom stereocenters. The predicted octanol–water partition coefficient (Wildman–Crippen LogP) is 4.89. The lowest BCUT2D eigenvalue weighted by Gasteiger charge is -2.20. The summed E-state index contributed by atoms with van der Waals surface area (Å²) in [6.45, 7) is 5.67. The van der Waals surface area contributed by atoms with Crippen molar-refractivity contribution in [2.45, 2.75) is 32.4 Å². The second kappa shape index (κ2) is 5.18. The fourth-order valence-electron chi connectivity index (χ4n) is 1.83. The minimum Gasteiger partial charge on any atom is -0.268 e. The number of hydrogen-bond acceptors (Lipinski definition) is 2. The van der Waals surface area contributed by atoms with E-state index in [9.17, 15) is 13.2 Å². The van der Waals surface area contributed by atoms with Crippen molar-refractivity contribution in [1.29, 1.82) is 0 Å². The number of halogens is 5. The molecule has 1 heterocycles. The topological polar surface area (TPSA) is 30.7 Å². The molecule has 1 aromatic heterocycles. The number of nitrogens with zero attached hydrogens (tertiary/aromatic N) is 3. The summed E-state index contributed by atoms with van der Waals surface area (Å²) in [7, 11) is 0. The molecule has 0 saturated heterocycles. The molecule has 0 spiro atoms. The Morgan fingerprint density at radius 3 is 2.14 bits per heavy atom. The smallest absolute Gasteiger partial charge is 0.268 e. The van der Waals surface area contributed by atoms with Gasteiger partial charge >= 0.3 is 6.18 Å². The molecule has 0 aliphatic carbocycles. The van der Waals surface area contributed by atoms with Gasteiger partial charge in [0.15, 0.2) is 0 Å². The average molecular weight is 338 g/mol. The van der Waals surface area contributed by atoms with Crippen molar-refractivity contribution in [2.24, 2.45) is 0 Å². The van der Waals surface area contributed by atoms with Gasteiger partial charge in [0, 0.05) is 5.41 Å². The van der Waals surface area contributed by atoms with Gasteiger partial charge in [0.1, 0.15) is 5.82 Å². The molecule has 2 aromatic rings. The van der Waals surface area contributed by atoms with Gasteiger partial charge in [-0.05, 0) is 29.8 Å². The van der Waals surface area contributed by atoms with E-state index in [1.807, 2.05) is 20.8 Å². The van der Waals surface area contributed by atoms with Gasteiger partial charge in [-0.3, -0.25) is 4.57 Å². The highest BCUT2D eigenvalue weighted by molar-refractivity contribution is 6.33. The number of hydrogen-bond donors (Lipinski definition) is 0. The minimum absolute atomic E-state index is 0.0431. The normalized spacial score (nSPS) is 12.8. The van der Waals surface area contributed by atoms with Crippen LogP contribution >= 0.6 is 23.2 Å². The van der Waals surface area contributed by atoms with Gasteiger partial charge in [-0.15, -0.1) is 10.2 Å². The molecule has 8 heteroatoms. The number of alkyl halides is 3. The highest BCUT2D eigenvalue weighted by Crippen LogP contribution is 2.35. The highest BCUT2D eigenvalue weighted by atomic mass is 35.5. The highest BCUT2D eigenvalue weighted by Gasteiger charge is 2.32. The van der Waals surface area contributed by atoms with E-state index in [0.29, 0.717) is 11.5 Å². The Morgan fingerprint density at radius 2 is 1.67 bits per heavy atom. The van der Waals surface area contributed by atoms with Crippen molar-refractivity contribution < 1.29 is 13.2 Å². The molecule has 0 aliphatic rings. The molecule has 0 bridgehead atoms. The quantitative estimate of drug-likeness (QED) is 0.741. The molecule has 1 aromatic carbocycles. The van der Waals surface area contributed by atoms with Crippen LogP contribution in [0.4, 0.5) is 13.2 Å². The zero-order chi connectivity index (χ0) is 16.0. The van der Waals surface area contributed by atoms with E-state index in [-0.39, 0.29) is 10.3 Å². The van der Waals surface area contributed by atoms with Crippen molar-refractivity contribution in [3.8, 4) is 5.69 Å². The van der Waals surface area contributed by atoms with E-state index in [1.165, 1.54) is 10.6 Å². The molecule has 3 nitrogen and oxygen atoms in total. The maximum atomic E-state index is 12.7. The van der Waals surface area contributed by atoms with E-state index in [0.717, 1.165) is 12.1 Å². The van der Waals surface area contributed by atoms with Gasteiger partial charge in [-0.1, -0.05) is 32.4 Å². The zero-order valence-electron chi connectivity index (χ0n) is 11.5. The summed E-state index contributed by atoms with van der Waals surface area (Å²) < 4.78 is 39.5. The van der Waals surface area contributed by atoms with Gasteiger partial charge in [-0.2, -0.15) is 13.2 Å². The standard InChI is InChI=1S/C13H12Cl2F3N3/c1-12(2,3)10-19-20-11(15)21(10)9-5-4-7(6-8(9)14)13(16,17)18/h4-6H,1-3H3. The fraction of sp³-hybridized carbons (Fsp3) is 0.385. The van der Waals surface area contributed by atoms with Gasteiger partial charge in [0.2, 0.25) is 5.28 Å². The zero-order valence-corrected chi connectivity index (χ0v) is 13.0. The van der Waals surface area contributed by atoms with E-state index < -0.39 is 17.2 Å². The van der Waals surface area contributed by atoms with Gasteiger partial charge < -0.3 is 0 Å². The SMILES string of the molecule is CC(C)(C)c1nnc(Cl)n1-c1ccc(C(F)(F)F)cc1Cl. The van der Waals surface area contributed by atoms with Crippen molar-refractivity contribution in [1.82, 2.24) is 14.8 Å². The predicted molar refractivity (Wildman–Crippen MR) is 75.1 cm³/mol. The average Bonchev–Trinajstić information content (AvgIpc) is 2.69. The molecule has 0 amide bonds. The minimum atomic E-state index is -4.45. The Hall–Kier alpha value is -1.27. The van der Waals surface area contributed by atoms with Crippen molar-refractivity contribution in [3.05, 3.63) is 39.9 Å². The third kappa shape index (κ3) is 3.16. The molecular weight excluding hydrogens is 326 g/mol. The van der Waals surface area contributed by atoms with Gasteiger partial charge in [-0.25, -0.2) is 0 Å². The van der Waals surface area contributed by atoms with Crippen LogP contribution in [-0.4, -0.2) is 14.8 Å². The number of rotatable bonds is 1. The Balaban J connectivity index is 2.62. The lowest BCUT2D eigenvalue weighted by atomic mass is 9.95. The first kappa shape index (κ1) is 16.1. The molecule has 0 aliphatic heterocycles. The molecule has 2 rings (SSSR count). The number of benzene rings is 1. The third-order valence-electron chi connectivity index (χ3n) is 2.81. The maximum absolute atomic E-state index is 12.7. The summed E-state index contributed by atoms with van der Waals surface area (Å²) in [4.78, 5) is 0. The Morgan fingerprint density at radius 1 is 1.05 bits per heavy atom. The van der Waals surface area contributed by atoms with Crippen LogP contribution in [-0.2, 0) is 11.6 Å². The third-order valence-corrected chi connectivity index (χ3v) is 3.36. The first-order valence-electron chi connectivity index (χ1n) is 6.00. The Bertz CT molecular complexity index is 672. The summed E-state index contributed by atoms with van der Waals surface area (Å²) >= 11 is 12.0. The van der Waals surface area contributed by atoms with Crippen molar-refractivity contribution >= 4 is 23.2 Å². The molecule has 0 fully saturated rings.